The van der Waals surface area contributed by atoms with Gasteiger partial charge in [-0.15, -0.1) is 0 Å². The summed E-state index contributed by atoms with van der Waals surface area (Å²) in [5, 5.41) is 0. The summed E-state index contributed by atoms with van der Waals surface area (Å²) in [5.74, 6) is 0.818. The number of aromatic nitrogens is 1. The van der Waals surface area contributed by atoms with Gasteiger partial charge < -0.3 is 14.2 Å². The van der Waals surface area contributed by atoms with Crippen LogP contribution in [-0.2, 0) is 0 Å². The summed E-state index contributed by atoms with van der Waals surface area (Å²) in [6.45, 7) is 9.67. The second-order valence-electron chi connectivity index (χ2n) is 4.33. The molecule has 0 unspecified atom stereocenters. The van der Waals surface area contributed by atoms with E-state index in [0.29, 0.717) is 0 Å². The summed E-state index contributed by atoms with van der Waals surface area (Å²) in [7, 11) is 2.14. The van der Waals surface area contributed by atoms with Crippen LogP contribution in [0.3, 0.4) is 0 Å². The number of aryl methyl sites for hydroxylation is 1. The van der Waals surface area contributed by atoms with E-state index >= 15 is 0 Å². The molecule has 1 aromatic heterocycles. The fourth-order valence-corrected chi connectivity index (χ4v) is 1.84. The molecule has 92 valence electrons. The van der Waals surface area contributed by atoms with Crippen molar-refractivity contribution in [3.8, 4) is 0 Å². The number of oxazole rings is 1. The molecule has 4 nitrogen and oxygen atoms in total. The van der Waals surface area contributed by atoms with Gasteiger partial charge in [0.15, 0.2) is 5.76 Å². The molecule has 0 saturated carbocycles. The highest BCUT2D eigenvalue weighted by Gasteiger charge is 2.19. The summed E-state index contributed by atoms with van der Waals surface area (Å²) in [6, 6.07) is 0.735. The van der Waals surface area contributed by atoms with E-state index in [4.69, 9.17) is 4.42 Å². The lowest BCUT2D eigenvalue weighted by Gasteiger charge is -2.31. The summed E-state index contributed by atoms with van der Waals surface area (Å²) >= 11 is 0. The van der Waals surface area contributed by atoms with Gasteiger partial charge in [-0.25, -0.2) is 0 Å². The smallest absolute Gasteiger partial charge is 0.298 e. The minimum atomic E-state index is 0.735. The number of rotatable bonds is 3. The Labute approximate surface area is 102 Å². The molecule has 2 rings (SSSR count). The van der Waals surface area contributed by atoms with E-state index in [1.807, 2.05) is 19.1 Å². The van der Waals surface area contributed by atoms with Crippen LogP contribution in [0.5, 0.6) is 0 Å². The van der Waals surface area contributed by atoms with Gasteiger partial charge in [0.2, 0.25) is 0 Å². The van der Waals surface area contributed by atoms with Crippen LogP contribution in [0.2, 0.25) is 0 Å². The fraction of sp³-hybridized carbons (Fsp3) is 0.462. The Morgan fingerprint density at radius 2 is 2.00 bits per heavy atom. The topological polar surface area (TPSA) is 32.5 Å². The van der Waals surface area contributed by atoms with Crippen molar-refractivity contribution in [1.29, 1.82) is 0 Å². The normalized spacial score (nSPS) is 17.9. The molecule has 0 bridgehead atoms. The number of hydrogen-bond donors (Lipinski definition) is 0. The monoisotopic (exact) mass is 233 g/mol. The van der Waals surface area contributed by atoms with E-state index in [0.717, 1.165) is 43.6 Å². The van der Waals surface area contributed by atoms with Crippen LogP contribution < -0.4 is 4.90 Å². The molecule has 0 aliphatic carbocycles. The quantitative estimate of drug-likeness (QED) is 0.747. The standard InChI is InChI=1S/C13H19N3O/c1-4-5-6-12-11(2)14-13(17-12)16-9-7-15(3)8-10-16/h4-6H,1,7-10H2,2-3H3. The number of hydrogen-bond acceptors (Lipinski definition) is 4. The molecule has 17 heavy (non-hydrogen) atoms. The number of allylic oxidation sites excluding steroid dienone is 2. The Bertz CT molecular complexity index is 414. The van der Waals surface area contributed by atoms with Crippen molar-refractivity contribution in [2.24, 2.45) is 0 Å². The van der Waals surface area contributed by atoms with Gasteiger partial charge >= 0.3 is 0 Å². The minimum Gasteiger partial charge on any atom is -0.424 e. The minimum absolute atomic E-state index is 0.735. The Morgan fingerprint density at radius 3 is 2.65 bits per heavy atom. The molecular formula is C13H19N3O. The van der Waals surface area contributed by atoms with E-state index in [1.54, 1.807) is 6.08 Å². The zero-order valence-electron chi connectivity index (χ0n) is 10.5. The maximum absolute atomic E-state index is 5.75. The van der Waals surface area contributed by atoms with Crippen LogP contribution in [0.4, 0.5) is 6.01 Å². The Balaban J connectivity index is 2.11. The third-order valence-electron chi connectivity index (χ3n) is 2.98. The Morgan fingerprint density at radius 1 is 1.29 bits per heavy atom. The summed E-state index contributed by atoms with van der Waals surface area (Å²) in [6.07, 6.45) is 5.49. The lowest BCUT2D eigenvalue weighted by Crippen LogP contribution is -2.44. The highest BCUT2D eigenvalue weighted by molar-refractivity contribution is 5.49. The molecule has 0 spiro atoms. The highest BCUT2D eigenvalue weighted by atomic mass is 16.4. The largest absolute Gasteiger partial charge is 0.424 e. The first kappa shape index (κ1) is 11.9. The first-order chi connectivity index (χ1) is 8.20. The first-order valence-electron chi connectivity index (χ1n) is 5.90. The lowest BCUT2D eigenvalue weighted by atomic mass is 10.3. The molecule has 1 fully saturated rings. The van der Waals surface area contributed by atoms with E-state index in [9.17, 15) is 0 Å². The predicted octanol–water partition coefficient (Wildman–Crippen LogP) is 1.93. The molecule has 0 aromatic carbocycles. The van der Waals surface area contributed by atoms with E-state index in [2.05, 4.69) is 28.4 Å². The van der Waals surface area contributed by atoms with Crippen LogP contribution in [0.25, 0.3) is 6.08 Å². The third-order valence-corrected chi connectivity index (χ3v) is 2.98. The first-order valence-corrected chi connectivity index (χ1v) is 5.90. The van der Waals surface area contributed by atoms with E-state index in [1.165, 1.54) is 0 Å². The SMILES string of the molecule is C=CC=Cc1oc(N2CCN(C)CC2)nc1C. The van der Waals surface area contributed by atoms with Crippen molar-refractivity contribution in [2.45, 2.75) is 6.92 Å². The van der Waals surface area contributed by atoms with Gasteiger partial charge in [-0.2, -0.15) is 4.98 Å². The molecular weight excluding hydrogens is 214 g/mol. The van der Waals surface area contributed by atoms with Crippen molar-refractivity contribution in [3.63, 3.8) is 0 Å². The number of anilines is 1. The average molecular weight is 233 g/mol. The van der Waals surface area contributed by atoms with E-state index < -0.39 is 0 Å². The van der Waals surface area contributed by atoms with Crippen molar-refractivity contribution in [1.82, 2.24) is 9.88 Å². The van der Waals surface area contributed by atoms with Gasteiger partial charge in [-0.05, 0) is 20.0 Å². The zero-order chi connectivity index (χ0) is 12.3. The molecule has 0 atom stereocenters. The zero-order valence-corrected chi connectivity index (χ0v) is 10.5. The Kier molecular flexibility index (Phi) is 3.64. The van der Waals surface area contributed by atoms with Gasteiger partial charge in [-0.1, -0.05) is 18.7 Å². The Hall–Kier alpha value is -1.55. The molecule has 0 amide bonds. The van der Waals surface area contributed by atoms with Gasteiger partial charge in [0, 0.05) is 26.2 Å². The molecule has 1 aromatic rings. The van der Waals surface area contributed by atoms with Gasteiger partial charge in [0.05, 0.1) is 5.69 Å². The average Bonchev–Trinajstić information content (AvgIpc) is 2.69. The maximum atomic E-state index is 5.75. The van der Waals surface area contributed by atoms with Gasteiger partial charge in [0.25, 0.3) is 6.01 Å². The number of nitrogens with zero attached hydrogens (tertiary/aromatic N) is 3. The molecule has 1 aliphatic rings. The summed E-state index contributed by atoms with van der Waals surface area (Å²) in [4.78, 5) is 8.97. The van der Waals surface area contributed by atoms with Crippen molar-refractivity contribution < 1.29 is 4.42 Å². The van der Waals surface area contributed by atoms with Crippen LogP contribution in [0, 0.1) is 6.92 Å². The molecule has 2 heterocycles. The van der Waals surface area contributed by atoms with Crippen LogP contribution in [0.15, 0.2) is 23.1 Å². The second kappa shape index (κ2) is 5.19. The molecule has 4 heteroatoms. The van der Waals surface area contributed by atoms with Gasteiger partial charge in [0.1, 0.15) is 0 Å². The highest BCUT2D eigenvalue weighted by Crippen LogP contribution is 2.20. The van der Waals surface area contributed by atoms with Crippen molar-refractivity contribution in [2.75, 3.05) is 38.1 Å². The van der Waals surface area contributed by atoms with Crippen LogP contribution >= 0.6 is 0 Å². The fourth-order valence-electron chi connectivity index (χ4n) is 1.84. The molecule has 0 radical (unpaired) electrons. The van der Waals surface area contributed by atoms with Crippen molar-refractivity contribution >= 4 is 12.1 Å². The van der Waals surface area contributed by atoms with Gasteiger partial charge in [-0.3, -0.25) is 0 Å². The van der Waals surface area contributed by atoms with Crippen molar-refractivity contribution in [3.05, 3.63) is 30.2 Å². The number of likely N-dealkylation sites (N-methyl/N-ethyl adjacent to an activating group) is 1. The number of piperazine rings is 1. The third kappa shape index (κ3) is 2.77. The van der Waals surface area contributed by atoms with E-state index in [-0.39, 0.29) is 0 Å². The second-order valence-corrected chi connectivity index (χ2v) is 4.33. The van der Waals surface area contributed by atoms with Crippen LogP contribution in [0.1, 0.15) is 11.5 Å². The lowest BCUT2D eigenvalue weighted by molar-refractivity contribution is 0.304. The summed E-state index contributed by atoms with van der Waals surface area (Å²) in [5.41, 5.74) is 0.928. The van der Waals surface area contributed by atoms with Crippen LogP contribution in [-0.4, -0.2) is 43.1 Å². The predicted molar refractivity (Wildman–Crippen MR) is 70.2 cm³/mol. The summed E-state index contributed by atoms with van der Waals surface area (Å²) < 4.78 is 5.75. The maximum Gasteiger partial charge on any atom is 0.298 e. The molecule has 1 saturated heterocycles. The molecule has 1 aliphatic heterocycles. The molecule has 0 N–H and O–H groups in total.